The summed E-state index contributed by atoms with van der Waals surface area (Å²) in [4.78, 5) is 8.76. The van der Waals surface area contributed by atoms with Crippen LogP contribution in [0.25, 0.3) is 16.9 Å². The second-order valence-corrected chi connectivity index (χ2v) is 4.83. The highest BCUT2D eigenvalue weighted by molar-refractivity contribution is 5.98. The molecule has 0 radical (unpaired) electrons. The molecule has 3 N–H and O–H groups in total. The Labute approximate surface area is 116 Å². The van der Waals surface area contributed by atoms with Crippen molar-refractivity contribution in [1.82, 2.24) is 14.5 Å². The number of rotatable bonds is 2. The number of benzene rings is 1. The number of hydrogen-bond acceptors (Lipinski definition) is 3. The van der Waals surface area contributed by atoms with Gasteiger partial charge >= 0.3 is 0 Å². The van der Waals surface area contributed by atoms with Gasteiger partial charge < -0.3 is 5.73 Å². The fraction of sp³-hybridized carbons (Fsp3) is 0.133. The largest absolute Gasteiger partial charge is 0.384 e. The van der Waals surface area contributed by atoms with Crippen molar-refractivity contribution in [3.05, 3.63) is 53.5 Å². The number of nitrogens with zero attached hydrogens (tertiary/aromatic N) is 3. The summed E-state index contributed by atoms with van der Waals surface area (Å²) in [6.07, 6.45) is 3.41. The van der Waals surface area contributed by atoms with Crippen LogP contribution in [0.5, 0.6) is 0 Å². The molecule has 0 fully saturated rings. The van der Waals surface area contributed by atoms with E-state index in [2.05, 4.69) is 35.9 Å². The minimum absolute atomic E-state index is 0.00113. The number of aromatic nitrogens is 3. The molecule has 0 spiro atoms. The van der Waals surface area contributed by atoms with Crippen LogP contribution >= 0.6 is 0 Å². The molecule has 5 heteroatoms. The smallest absolute Gasteiger partial charge is 0.149 e. The van der Waals surface area contributed by atoms with Crippen LogP contribution in [-0.4, -0.2) is 20.4 Å². The fourth-order valence-electron chi connectivity index (χ4n) is 2.23. The minimum atomic E-state index is -0.00113. The first-order valence-corrected chi connectivity index (χ1v) is 6.32. The topological polar surface area (TPSA) is 80.6 Å². The van der Waals surface area contributed by atoms with Gasteiger partial charge in [0.25, 0.3) is 0 Å². The second kappa shape index (κ2) is 4.45. The van der Waals surface area contributed by atoms with Crippen LogP contribution in [-0.2, 0) is 0 Å². The molecule has 0 saturated heterocycles. The van der Waals surface area contributed by atoms with Crippen LogP contribution in [0.15, 0.2) is 36.8 Å². The van der Waals surface area contributed by atoms with Crippen LogP contribution in [0.2, 0.25) is 0 Å². The number of nitrogen functional groups attached to an aromatic ring is 1. The zero-order valence-electron chi connectivity index (χ0n) is 11.4. The number of hydrogen-bond donors (Lipinski definition) is 2. The van der Waals surface area contributed by atoms with E-state index in [1.807, 2.05) is 4.57 Å². The van der Waals surface area contributed by atoms with E-state index >= 15 is 0 Å². The highest BCUT2D eigenvalue weighted by Crippen LogP contribution is 2.22. The molecular weight excluding hydrogens is 250 g/mol. The molecule has 3 rings (SSSR count). The molecule has 0 atom stereocenters. The number of imidazole rings is 1. The molecule has 0 saturated carbocycles. The summed E-state index contributed by atoms with van der Waals surface area (Å²) in [5.41, 5.74) is 10.5. The highest BCUT2D eigenvalue weighted by Gasteiger charge is 2.12. The maximum atomic E-state index is 7.67. The van der Waals surface area contributed by atoms with Gasteiger partial charge in [0.1, 0.15) is 18.0 Å². The molecule has 20 heavy (non-hydrogen) atoms. The number of pyridine rings is 1. The quantitative estimate of drug-likeness (QED) is 0.551. The van der Waals surface area contributed by atoms with Gasteiger partial charge in [-0.15, -0.1) is 0 Å². The maximum absolute atomic E-state index is 7.67. The molecule has 5 nitrogen and oxygen atoms in total. The number of nitrogens with two attached hydrogens (primary N) is 1. The van der Waals surface area contributed by atoms with Crippen molar-refractivity contribution >= 4 is 16.9 Å². The van der Waals surface area contributed by atoms with Gasteiger partial charge in [-0.3, -0.25) is 9.98 Å². The summed E-state index contributed by atoms with van der Waals surface area (Å²) in [5, 5.41) is 7.67. The van der Waals surface area contributed by atoms with Crippen molar-refractivity contribution in [2.75, 3.05) is 0 Å². The van der Waals surface area contributed by atoms with Gasteiger partial charge in [0, 0.05) is 6.20 Å². The molecule has 3 aromatic rings. The number of fused-ring (bicyclic) bond motifs is 1. The Kier molecular flexibility index (Phi) is 2.75. The Bertz CT molecular complexity index is 816. The third-order valence-corrected chi connectivity index (χ3v) is 3.47. The Balaban J connectivity index is 2.31. The van der Waals surface area contributed by atoms with Crippen molar-refractivity contribution < 1.29 is 0 Å². The summed E-state index contributed by atoms with van der Waals surface area (Å²) < 4.78 is 1.87. The summed E-state index contributed by atoms with van der Waals surface area (Å²) in [6, 6.07) is 7.69. The lowest BCUT2D eigenvalue weighted by Gasteiger charge is -2.09. The van der Waals surface area contributed by atoms with E-state index in [4.69, 9.17) is 11.1 Å². The van der Waals surface area contributed by atoms with Crippen LogP contribution in [0, 0.1) is 19.3 Å². The number of amidine groups is 1. The molecule has 0 aliphatic carbocycles. The maximum Gasteiger partial charge on any atom is 0.149 e. The third-order valence-electron chi connectivity index (χ3n) is 3.47. The average molecular weight is 265 g/mol. The first-order chi connectivity index (χ1) is 9.58. The SMILES string of the molecule is Cc1cc2ncn(-c3ncccc3C(=N)N)c2cc1C. The lowest BCUT2D eigenvalue weighted by Crippen LogP contribution is -2.15. The van der Waals surface area contributed by atoms with Gasteiger partial charge in [0.2, 0.25) is 0 Å². The molecule has 100 valence electrons. The van der Waals surface area contributed by atoms with Crippen molar-refractivity contribution in [1.29, 1.82) is 5.41 Å². The number of nitrogens with one attached hydrogen (secondary N) is 1. The summed E-state index contributed by atoms with van der Waals surface area (Å²) in [5.74, 6) is 0.629. The van der Waals surface area contributed by atoms with Crippen molar-refractivity contribution in [2.24, 2.45) is 5.73 Å². The minimum Gasteiger partial charge on any atom is -0.384 e. The average Bonchev–Trinajstić information content (AvgIpc) is 2.82. The van der Waals surface area contributed by atoms with Gasteiger partial charge in [-0.2, -0.15) is 0 Å². The lowest BCUT2D eigenvalue weighted by molar-refractivity contribution is 1.01. The van der Waals surface area contributed by atoms with E-state index in [-0.39, 0.29) is 5.84 Å². The van der Waals surface area contributed by atoms with Crippen molar-refractivity contribution in [2.45, 2.75) is 13.8 Å². The third kappa shape index (κ3) is 1.84. The van der Waals surface area contributed by atoms with Crippen LogP contribution in [0.3, 0.4) is 0 Å². The molecule has 0 amide bonds. The van der Waals surface area contributed by atoms with E-state index in [1.165, 1.54) is 11.1 Å². The molecule has 2 aromatic heterocycles. The second-order valence-electron chi connectivity index (χ2n) is 4.83. The standard InChI is InChI=1S/C15H15N5/c1-9-6-12-13(7-10(9)2)20(8-19-12)15-11(14(16)17)4-3-5-18-15/h3-8H,1-2H3,(H3,16,17). The van der Waals surface area contributed by atoms with Gasteiger partial charge in [0.15, 0.2) is 0 Å². The van der Waals surface area contributed by atoms with Crippen LogP contribution in [0.4, 0.5) is 0 Å². The first-order valence-electron chi connectivity index (χ1n) is 6.32. The molecule has 0 bridgehead atoms. The monoisotopic (exact) mass is 265 g/mol. The fourth-order valence-corrected chi connectivity index (χ4v) is 2.23. The molecule has 0 aliphatic rings. The van der Waals surface area contributed by atoms with Gasteiger partial charge in [0.05, 0.1) is 16.6 Å². The molecule has 0 unspecified atom stereocenters. The Hall–Kier alpha value is -2.69. The Morgan fingerprint density at radius 3 is 2.70 bits per heavy atom. The van der Waals surface area contributed by atoms with Gasteiger partial charge in [-0.25, -0.2) is 9.97 Å². The van der Waals surface area contributed by atoms with E-state index in [0.29, 0.717) is 11.4 Å². The van der Waals surface area contributed by atoms with Gasteiger partial charge in [-0.05, 0) is 49.2 Å². The summed E-state index contributed by atoms with van der Waals surface area (Å²) in [7, 11) is 0. The normalized spacial score (nSPS) is 10.9. The van der Waals surface area contributed by atoms with E-state index in [0.717, 1.165) is 11.0 Å². The number of aryl methyl sites for hydroxylation is 2. The molecule has 1 aromatic carbocycles. The predicted octanol–water partition coefficient (Wildman–Crippen LogP) is 2.32. The highest BCUT2D eigenvalue weighted by atomic mass is 15.1. The zero-order chi connectivity index (χ0) is 14.3. The predicted molar refractivity (Wildman–Crippen MR) is 79.4 cm³/mol. The van der Waals surface area contributed by atoms with E-state index < -0.39 is 0 Å². The van der Waals surface area contributed by atoms with E-state index in [9.17, 15) is 0 Å². The molecular formula is C15H15N5. The van der Waals surface area contributed by atoms with Crippen molar-refractivity contribution in [3.8, 4) is 5.82 Å². The summed E-state index contributed by atoms with van der Waals surface area (Å²) in [6.45, 7) is 4.13. The Morgan fingerprint density at radius 1 is 1.20 bits per heavy atom. The van der Waals surface area contributed by atoms with Crippen LogP contribution in [0.1, 0.15) is 16.7 Å². The molecule has 2 heterocycles. The van der Waals surface area contributed by atoms with E-state index in [1.54, 1.807) is 24.7 Å². The van der Waals surface area contributed by atoms with Gasteiger partial charge in [-0.1, -0.05) is 0 Å². The zero-order valence-corrected chi connectivity index (χ0v) is 11.4. The summed E-state index contributed by atoms with van der Waals surface area (Å²) >= 11 is 0. The lowest BCUT2D eigenvalue weighted by atomic mass is 10.1. The van der Waals surface area contributed by atoms with Crippen LogP contribution < -0.4 is 5.73 Å². The Morgan fingerprint density at radius 2 is 1.95 bits per heavy atom. The molecule has 0 aliphatic heterocycles. The first kappa shape index (κ1) is 12.3. The van der Waals surface area contributed by atoms with Crippen molar-refractivity contribution in [3.63, 3.8) is 0 Å².